The molecule has 3 heterocycles. The number of esters is 1. The first-order chi connectivity index (χ1) is 18.3. The van der Waals surface area contributed by atoms with E-state index in [9.17, 15) is 14.4 Å². The molecule has 2 unspecified atom stereocenters. The van der Waals surface area contributed by atoms with Gasteiger partial charge in [-0.3, -0.25) is 14.9 Å². The van der Waals surface area contributed by atoms with E-state index in [-0.39, 0.29) is 28.5 Å². The second-order valence-corrected chi connectivity index (χ2v) is 11.5. The molecule has 9 heteroatoms. The molecule has 0 aliphatic carbocycles. The first kappa shape index (κ1) is 26.3. The molecule has 2 aromatic carbocycles. The summed E-state index contributed by atoms with van der Waals surface area (Å²) in [4.78, 5) is 35.7. The van der Waals surface area contributed by atoms with Gasteiger partial charge in [0.25, 0.3) is 5.24 Å². The highest BCUT2D eigenvalue weighted by molar-refractivity contribution is 8.15. The molecule has 3 aromatic rings. The van der Waals surface area contributed by atoms with E-state index < -0.39 is 0 Å². The van der Waals surface area contributed by atoms with Crippen molar-refractivity contribution in [2.45, 2.75) is 57.8 Å². The molecule has 1 aromatic heterocycles. The SMILES string of the molecule is Cc1c(C)c2c(c(C)c1OC(=O)c1ccsc1)CCC(CCOc1ccc(CC3SC(=O)NC3=O)cc1)O2. The Morgan fingerprint density at radius 1 is 1.08 bits per heavy atom. The standard InChI is InChI=1S/C29H29NO6S2/c1-16-17(2)26-23(18(3)25(16)36-28(32)20-11-13-37-15-20)9-8-22(35-26)10-12-34-21-6-4-19(5-7-21)14-24-27(31)30-29(33)38-24/h4-7,11,13,15,22,24H,8-10,12,14H2,1-3H3,(H,30,31,33). The smallest absolute Gasteiger partial charge is 0.344 e. The summed E-state index contributed by atoms with van der Waals surface area (Å²) in [5.41, 5.74) is 5.51. The summed E-state index contributed by atoms with van der Waals surface area (Å²) in [6.07, 6.45) is 2.99. The van der Waals surface area contributed by atoms with Gasteiger partial charge in [0.1, 0.15) is 23.4 Å². The molecule has 2 atom stereocenters. The van der Waals surface area contributed by atoms with Gasteiger partial charge >= 0.3 is 5.97 Å². The average Bonchev–Trinajstić information content (AvgIpc) is 3.56. The Morgan fingerprint density at radius 3 is 2.55 bits per heavy atom. The number of thioether (sulfide) groups is 1. The molecular weight excluding hydrogens is 522 g/mol. The number of thiophene rings is 1. The molecule has 0 spiro atoms. The number of imide groups is 1. The summed E-state index contributed by atoms with van der Waals surface area (Å²) in [7, 11) is 0. The van der Waals surface area contributed by atoms with Gasteiger partial charge in [0.05, 0.1) is 17.4 Å². The van der Waals surface area contributed by atoms with Crippen LogP contribution in [0.3, 0.4) is 0 Å². The van der Waals surface area contributed by atoms with Crippen molar-refractivity contribution in [2.24, 2.45) is 0 Å². The van der Waals surface area contributed by atoms with Gasteiger partial charge < -0.3 is 14.2 Å². The van der Waals surface area contributed by atoms with Crippen molar-refractivity contribution in [3.05, 3.63) is 74.5 Å². The number of nitrogens with one attached hydrogen (secondary N) is 1. The summed E-state index contributed by atoms with van der Waals surface area (Å²) in [5, 5.41) is 5.31. The third kappa shape index (κ3) is 5.59. The van der Waals surface area contributed by atoms with Crippen LogP contribution in [0.4, 0.5) is 4.79 Å². The van der Waals surface area contributed by atoms with Crippen LogP contribution < -0.4 is 19.5 Å². The molecule has 1 N–H and O–H groups in total. The summed E-state index contributed by atoms with van der Waals surface area (Å²) in [6.45, 7) is 6.49. The predicted molar refractivity (Wildman–Crippen MR) is 148 cm³/mol. The number of amides is 2. The van der Waals surface area contributed by atoms with E-state index in [0.29, 0.717) is 24.3 Å². The number of benzene rings is 2. The van der Waals surface area contributed by atoms with E-state index in [0.717, 1.165) is 70.3 Å². The normalized spacial score (nSPS) is 18.5. The van der Waals surface area contributed by atoms with Crippen molar-refractivity contribution in [1.82, 2.24) is 5.32 Å². The maximum atomic E-state index is 12.6. The van der Waals surface area contributed by atoms with E-state index in [1.54, 1.807) is 11.4 Å². The minimum Gasteiger partial charge on any atom is -0.493 e. The molecule has 2 aliphatic rings. The van der Waals surface area contributed by atoms with Gasteiger partial charge in [-0.25, -0.2) is 4.79 Å². The Kier molecular flexibility index (Phi) is 7.76. The van der Waals surface area contributed by atoms with Gasteiger partial charge in [-0.2, -0.15) is 11.3 Å². The Hall–Kier alpha value is -3.30. The van der Waals surface area contributed by atoms with Crippen LogP contribution in [0.25, 0.3) is 0 Å². The summed E-state index contributed by atoms with van der Waals surface area (Å²) in [6, 6.07) is 9.41. The lowest BCUT2D eigenvalue weighted by Crippen LogP contribution is -2.26. The molecule has 0 saturated carbocycles. The topological polar surface area (TPSA) is 90.9 Å². The zero-order valence-corrected chi connectivity index (χ0v) is 23.1. The highest BCUT2D eigenvalue weighted by atomic mass is 32.2. The molecule has 0 bridgehead atoms. The lowest BCUT2D eigenvalue weighted by Gasteiger charge is -2.30. The van der Waals surface area contributed by atoms with Crippen LogP contribution in [0.5, 0.6) is 17.2 Å². The molecule has 198 valence electrons. The second-order valence-electron chi connectivity index (χ2n) is 9.56. The number of carbonyl (C=O) groups excluding carboxylic acids is 3. The summed E-state index contributed by atoms with van der Waals surface area (Å²) >= 11 is 2.51. The van der Waals surface area contributed by atoms with Crippen LogP contribution in [0.1, 0.15) is 51.0 Å². The van der Waals surface area contributed by atoms with Gasteiger partial charge in [0.2, 0.25) is 5.91 Å². The largest absolute Gasteiger partial charge is 0.493 e. The first-order valence-corrected chi connectivity index (χ1v) is 14.4. The lowest BCUT2D eigenvalue weighted by atomic mass is 9.91. The molecular formula is C29H29NO6S2. The van der Waals surface area contributed by atoms with Crippen LogP contribution in [0.2, 0.25) is 0 Å². The number of hydrogen-bond donors (Lipinski definition) is 1. The van der Waals surface area contributed by atoms with Crippen LogP contribution in [-0.4, -0.2) is 35.1 Å². The zero-order valence-electron chi connectivity index (χ0n) is 21.5. The highest BCUT2D eigenvalue weighted by Gasteiger charge is 2.31. The minimum atomic E-state index is -0.375. The van der Waals surface area contributed by atoms with Crippen molar-refractivity contribution in [1.29, 1.82) is 0 Å². The van der Waals surface area contributed by atoms with Crippen LogP contribution in [-0.2, 0) is 17.6 Å². The fourth-order valence-electron chi connectivity index (χ4n) is 4.81. The Labute approximate surface area is 229 Å². The summed E-state index contributed by atoms with van der Waals surface area (Å²) < 4.78 is 18.2. The van der Waals surface area contributed by atoms with E-state index in [1.165, 1.54) is 11.3 Å². The highest BCUT2D eigenvalue weighted by Crippen LogP contribution is 2.42. The quantitative estimate of drug-likeness (QED) is 0.273. The molecule has 2 amide bonds. The van der Waals surface area contributed by atoms with Crippen LogP contribution in [0.15, 0.2) is 41.1 Å². The zero-order chi connectivity index (χ0) is 26.8. The monoisotopic (exact) mass is 551 g/mol. The molecule has 38 heavy (non-hydrogen) atoms. The van der Waals surface area contributed by atoms with E-state index in [4.69, 9.17) is 14.2 Å². The van der Waals surface area contributed by atoms with Gasteiger partial charge in [-0.15, -0.1) is 0 Å². The minimum absolute atomic E-state index is 0.0360. The number of hydrogen-bond acceptors (Lipinski definition) is 8. The summed E-state index contributed by atoms with van der Waals surface area (Å²) in [5.74, 6) is 1.71. The van der Waals surface area contributed by atoms with Crippen LogP contribution in [0, 0.1) is 20.8 Å². The number of rotatable bonds is 8. The Morgan fingerprint density at radius 2 is 1.87 bits per heavy atom. The first-order valence-electron chi connectivity index (χ1n) is 12.6. The van der Waals surface area contributed by atoms with Gasteiger partial charge in [0, 0.05) is 17.4 Å². The number of carbonyl (C=O) groups is 3. The Bertz CT molecular complexity index is 1370. The third-order valence-corrected chi connectivity index (χ3v) is 8.75. The third-order valence-electron chi connectivity index (χ3n) is 7.08. The number of fused-ring (bicyclic) bond motifs is 1. The van der Waals surface area contributed by atoms with Gasteiger partial charge in [-0.1, -0.05) is 23.9 Å². The number of ether oxygens (including phenoxy) is 3. The van der Waals surface area contributed by atoms with Crippen molar-refractivity contribution in [3.63, 3.8) is 0 Å². The molecule has 2 aliphatic heterocycles. The van der Waals surface area contributed by atoms with E-state index >= 15 is 0 Å². The fourth-order valence-corrected chi connectivity index (χ4v) is 6.29. The molecule has 5 rings (SSSR count). The average molecular weight is 552 g/mol. The Balaban J connectivity index is 1.17. The van der Waals surface area contributed by atoms with Gasteiger partial charge in [0.15, 0.2) is 0 Å². The fraction of sp³-hybridized carbons (Fsp3) is 0.345. The van der Waals surface area contributed by atoms with Crippen molar-refractivity contribution in [2.75, 3.05) is 6.61 Å². The van der Waals surface area contributed by atoms with Crippen molar-refractivity contribution < 1.29 is 28.6 Å². The van der Waals surface area contributed by atoms with Crippen LogP contribution >= 0.6 is 23.1 Å². The van der Waals surface area contributed by atoms with Gasteiger partial charge in [-0.05, 0) is 85.9 Å². The van der Waals surface area contributed by atoms with E-state index in [1.807, 2.05) is 50.4 Å². The van der Waals surface area contributed by atoms with Crippen molar-refractivity contribution in [3.8, 4) is 17.2 Å². The predicted octanol–water partition coefficient (Wildman–Crippen LogP) is 5.95. The van der Waals surface area contributed by atoms with E-state index in [2.05, 4.69) is 5.32 Å². The maximum Gasteiger partial charge on any atom is 0.344 e. The molecule has 1 saturated heterocycles. The molecule has 1 fully saturated rings. The lowest BCUT2D eigenvalue weighted by molar-refractivity contribution is -0.118. The van der Waals surface area contributed by atoms with Crippen molar-refractivity contribution >= 4 is 40.2 Å². The molecule has 0 radical (unpaired) electrons. The second kappa shape index (κ2) is 11.2. The molecule has 7 nitrogen and oxygen atoms in total. The maximum absolute atomic E-state index is 12.6.